The number of aromatic nitrogens is 2. The maximum atomic E-state index is 12.9. The van der Waals surface area contributed by atoms with Crippen molar-refractivity contribution in [2.75, 3.05) is 19.1 Å². The van der Waals surface area contributed by atoms with Crippen molar-refractivity contribution >= 4 is 46.2 Å². The van der Waals surface area contributed by atoms with Gasteiger partial charge in [0.1, 0.15) is 5.25 Å². The van der Waals surface area contributed by atoms with E-state index in [9.17, 15) is 14.4 Å². The monoisotopic (exact) mass is 387 g/mol. The fraction of sp³-hybridized carbons (Fsp3) is 0.235. The van der Waals surface area contributed by atoms with E-state index in [1.807, 2.05) is 6.07 Å². The number of nitrogens with one attached hydrogen (secondary N) is 2. The summed E-state index contributed by atoms with van der Waals surface area (Å²) in [5, 5.41) is 2.16. The standard InChI is InChI=1S/C17H17N5O4S/c1-18-15(24)13-14(20-9-19-13)21-17-22(10-6-4-3-5-7-10)16(25)11(27-17)8-12(23)26-2/h3-7,9,11H,8H2,1-2H3,(H,18,24)(H,19,20). The molecular formula is C17H17N5O4S. The molecule has 1 aromatic heterocycles. The molecule has 2 heterocycles. The van der Waals surface area contributed by atoms with Crippen molar-refractivity contribution in [3.63, 3.8) is 0 Å². The SMILES string of the molecule is CNC(=O)c1[nH]cnc1N=C1SC(CC(=O)OC)C(=O)N1c1ccccc1. The Balaban J connectivity index is 2.00. The molecule has 3 rings (SSSR count). The van der Waals surface area contributed by atoms with Gasteiger partial charge < -0.3 is 15.0 Å². The maximum absolute atomic E-state index is 12.9. The topological polar surface area (TPSA) is 117 Å². The number of para-hydroxylation sites is 1. The van der Waals surface area contributed by atoms with Crippen molar-refractivity contribution in [1.82, 2.24) is 15.3 Å². The third-order valence-electron chi connectivity index (χ3n) is 3.80. The normalized spacial score (nSPS) is 18.0. The zero-order valence-electron chi connectivity index (χ0n) is 14.6. The molecule has 0 radical (unpaired) electrons. The Morgan fingerprint density at radius 3 is 2.78 bits per heavy atom. The first-order valence-corrected chi connectivity index (χ1v) is 8.89. The number of aliphatic imine (C=N–C) groups is 1. The first kappa shape index (κ1) is 18.6. The molecule has 140 valence electrons. The second-order valence-electron chi connectivity index (χ2n) is 5.47. The molecular weight excluding hydrogens is 370 g/mol. The van der Waals surface area contributed by atoms with Crippen LogP contribution in [0.3, 0.4) is 0 Å². The number of rotatable bonds is 5. The number of benzene rings is 1. The summed E-state index contributed by atoms with van der Waals surface area (Å²) < 4.78 is 4.67. The van der Waals surface area contributed by atoms with Gasteiger partial charge >= 0.3 is 5.97 Å². The highest BCUT2D eigenvalue weighted by Crippen LogP contribution is 2.35. The van der Waals surface area contributed by atoms with Gasteiger partial charge in [-0.1, -0.05) is 30.0 Å². The predicted molar refractivity (Wildman–Crippen MR) is 101 cm³/mol. The molecule has 27 heavy (non-hydrogen) atoms. The lowest BCUT2D eigenvalue weighted by Crippen LogP contribution is -2.32. The van der Waals surface area contributed by atoms with Crippen molar-refractivity contribution in [2.45, 2.75) is 11.7 Å². The van der Waals surface area contributed by atoms with Crippen LogP contribution in [0.2, 0.25) is 0 Å². The summed E-state index contributed by atoms with van der Waals surface area (Å²) in [5.41, 5.74) is 0.792. The molecule has 10 heteroatoms. The fourth-order valence-electron chi connectivity index (χ4n) is 2.48. The molecule has 1 atom stereocenters. The van der Waals surface area contributed by atoms with Crippen LogP contribution in [0.15, 0.2) is 41.7 Å². The Morgan fingerprint density at radius 2 is 2.11 bits per heavy atom. The minimum atomic E-state index is -0.668. The van der Waals surface area contributed by atoms with Crippen LogP contribution in [0.5, 0.6) is 0 Å². The molecule has 1 aliphatic rings. The van der Waals surface area contributed by atoms with Gasteiger partial charge in [0.15, 0.2) is 16.7 Å². The molecule has 1 fully saturated rings. The number of aromatic amines is 1. The summed E-state index contributed by atoms with van der Waals surface area (Å²) in [6, 6.07) is 8.95. The first-order chi connectivity index (χ1) is 13.0. The van der Waals surface area contributed by atoms with Crippen molar-refractivity contribution in [1.29, 1.82) is 0 Å². The van der Waals surface area contributed by atoms with E-state index < -0.39 is 11.2 Å². The number of carbonyl (C=O) groups excluding carboxylic acids is 3. The molecule has 9 nitrogen and oxygen atoms in total. The summed E-state index contributed by atoms with van der Waals surface area (Å²) in [4.78, 5) is 49.1. The Hall–Kier alpha value is -3.14. The zero-order valence-corrected chi connectivity index (χ0v) is 15.4. The average Bonchev–Trinajstić information content (AvgIpc) is 3.26. The van der Waals surface area contributed by atoms with Crippen molar-refractivity contribution in [2.24, 2.45) is 4.99 Å². The average molecular weight is 387 g/mol. The number of hydrogen-bond acceptors (Lipinski definition) is 7. The van der Waals surface area contributed by atoms with Crippen LogP contribution in [-0.4, -0.2) is 52.3 Å². The van der Waals surface area contributed by atoms with Gasteiger partial charge in [-0.25, -0.2) is 9.98 Å². The lowest BCUT2D eigenvalue weighted by Gasteiger charge is -2.16. The highest BCUT2D eigenvalue weighted by Gasteiger charge is 2.40. The van der Waals surface area contributed by atoms with Crippen LogP contribution in [0.1, 0.15) is 16.9 Å². The van der Waals surface area contributed by atoms with Gasteiger partial charge in [-0.2, -0.15) is 0 Å². The summed E-state index contributed by atoms with van der Waals surface area (Å²) in [7, 11) is 2.77. The minimum Gasteiger partial charge on any atom is -0.469 e. The molecule has 1 saturated heterocycles. The Bertz CT molecular complexity index is 896. The van der Waals surface area contributed by atoms with E-state index in [2.05, 4.69) is 25.0 Å². The molecule has 0 aliphatic carbocycles. The molecule has 2 amide bonds. The number of H-pyrrole nitrogens is 1. The van der Waals surface area contributed by atoms with Gasteiger partial charge in [0, 0.05) is 7.05 Å². The van der Waals surface area contributed by atoms with E-state index in [0.717, 1.165) is 11.8 Å². The molecule has 1 unspecified atom stereocenters. The number of ether oxygens (including phenoxy) is 1. The number of amides is 2. The number of esters is 1. The third-order valence-corrected chi connectivity index (χ3v) is 4.94. The summed E-state index contributed by atoms with van der Waals surface area (Å²) in [5.74, 6) is -0.990. The number of anilines is 1. The Kier molecular flexibility index (Phi) is 5.55. The lowest BCUT2D eigenvalue weighted by atomic mass is 10.2. The van der Waals surface area contributed by atoms with Crippen molar-refractivity contribution in [3.05, 3.63) is 42.4 Å². The van der Waals surface area contributed by atoms with Crippen LogP contribution in [0.4, 0.5) is 11.5 Å². The maximum Gasteiger partial charge on any atom is 0.307 e. The number of hydrogen-bond donors (Lipinski definition) is 2. The Morgan fingerprint density at radius 1 is 1.37 bits per heavy atom. The van der Waals surface area contributed by atoms with Gasteiger partial charge in [0.25, 0.3) is 5.91 Å². The van der Waals surface area contributed by atoms with E-state index in [0.29, 0.717) is 10.9 Å². The highest BCUT2D eigenvalue weighted by molar-refractivity contribution is 8.16. The number of amidine groups is 1. The van der Waals surface area contributed by atoms with E-state index in [1.165, 1.54) is 25.4 Å². The molecule has 1 aliphatic heterocycles. The Labute approximate surface area is 159 Å². The summed E-state index contributed by atoms with van der Waals surface area (Å²) in [6.45, 7) is 0. The van der Waals surface area contributed by atoms with Crippen molar-refractivity contribution < 1.29 is 19.1 Å². The summed E-state index contributed by atoms with van der Waals surface area (Å²) in [6.07, 6.45) is 1.27. The molecule has 2 aromatic rings. The molecule has 2 N–H and O–H groups in total. The molecule has 1 aromatic carbocycles. The largest absolute Gasteiger partial charge is 0.469 e. The number of imidazole rings is 1. The van der Waals surface area contributed by atoms with Gasteiger partial charge in [0.05, 0.1) is 25.5 Å². The number of nitrogens with zero attached hydrogens (tertiary/aromatic N) is 3. The van der Waals surface area contributed by atoms with Gasteiger partial charge in [-0.3, -0.25) is 19.3 Å². The van der Waals surface area contributed by atoms with E-state index in [4.69, 9.17) is 0 Å². The third kappa shape index (κ3) is 3.85. The predicted octanol–water partition coefficient (Wildman–Crippen LogP) is 1.47. The minimum absolute atomic E-state index is 0.0782. The second-order valence-corrected chi connectivity index (χ2v) is 6.64. The van der Waals surface area contributed by atoms with E-state index in [-0.39, 0.29) is 29.7 Å². The van der Waals surface area contributed by atoms with E-state index >= 15 is 0 Å². The fourth-order valence-corrected chi connectivity index (χ4v) is 3.60. The molecule has 0 bridgehead atoms. The number of methoxy groups -OCH3 is 1. The van der Waals surface area contributed by atoms with Gasteiger partial charge in [0.2, 0.25) is 5.91 Å². The summed E-state index contributed by atoms with van der Waals surface area (Å²) >= 11 is 1.13. The van der Waals surface area contributed by atoms with Gasteiger partial charge in [-0.05, 0) is 12.1 Å². The highest BCUT2D eigenvalue weighted by atomic mass is 32.2. The van der Waals surface area contributed by atoms with Crippen LogP contribution in [-0.2, 0) is 14.3 Å². The van der Waals surface area contributed by atoms with E-state index in [1.54, 1.807) is 24.3 Å². The molecule has 0 spiro atoms. The zero-order chi connectivity index (χ0) is 19.4. The van der Waals surface area contributed by atoms with Crippen molar-refractivity contribution in [3.8, 4) is 0 Å². The van der Waals surface area contributed by atoms with Crippen LogP contribution in [0, 0.1) is 0 Å². The van der Waals surface area contributed by atoms with Crippen LogP contribution < -0.4 is 10.2 Å². The number of carbonyl (C=O) groups is 3. The quantitative estimate of drug-likeness (QED) is 0.751. The molecule has 0 saturated carbocycles. The first-order valence-electron chi connectivity index (χ1n) is 8.01. The van der Waals surface area contributed by atoms with Gasteiger partial charge in [-0.15, -0.1) is 0 Å². The second kappa shape index (κ2) is 8.04. The number of thioether (sulfide) groups is 1. The van der Waals surface area contributed by atoms with Crippen LogP contribution in [0.25, 0.3) is 0 Å². The lowest BCUT2D eigenvalue weighted by molar-refractivity contribution is -0.141. The van der Waals surface area contributed by atoms with Crippen LogP contribution >= 0.6 is 11.8 Å². The smallest absolute Gasteiger partial charge is 0.307 e.